The van der Waals surface area contributed by atoms with Crippen LogP contribution in [-0.2, 0) is 14.3 Å². The Morgan fingerprint density at radius 2 is 1.45 bits per heavy atom. The van der Waals surface area contributed by atoms with Crippen LogP contribution < -0.4 is 5.73 Å². The Balaban J connectivity index is 3.38. The van der Waals surface area contributed by atoms with E-state index in [0.717, 1.165) is 19.3 Å². The molecule has 0 aliphatic heterocycles. The highest BCUT2D eigenvalue weighted by Crippen LogP contribution is 2.11. The number of ether oxygens (including phenoxy) is 1. The summed E-state index contributed by atoms with van der Waals surface area (Å²) in [5, 5.41) is 0. The van der Waals surface area contributed by atoms with Crippen LogP contribution in [0, 0.1) is 5.92 Å². The van der Waals surface area contributed by atoms with Crippen molar-refractivity contribution in [2.24, 2.45) is 11.7 Å². The lowest BCUT2D eigenvalue weighted by atomic mass is 10.1. The van der Waals surface area contributed by atoms with Crippen molar-refractivity contribution in [3.8, 4) is 0 Å². The molecule has 1 unspecified atom stereocenters. The molecule has 0 radical (unpaired) electrons. The normalized spacial score (nSPS) is 12.2. The molecule has 0 rings (SSSR count). The highest BCUT2D eigenvalue weighted by molar-refractivity contribution is 5.86. The highest BCUT2D eigenvalue weighted by atomic mass is 16.6. The van der Waals surface area contributed by atoms with Crippen molar-refractivity contribution >= 4 is 11.9 Å². The first-order valence-electron chi connectivity index (χ1n) is 8.06. The fourth-order valence-corrected chi connectivity index (χ4v) is 1.94. The van der Waals surface area contributed by atoms with Gasteiger partial charge in [-0.05, 0) is 6.42 Å². The Bertz CT molecular complexity index is 266. The fraction of sp³-hybridized carbons (Fsp3) is 0.875. The minimum absolute atomic E-state index is 0.212. The van der Waals surface area contributed by atoms with Crippen LogP contribution in [0.5, 0.6) is 0 Å². The second-order valence-electron chi connectivity index (χ2n) is 5.51. The van der Waals surface area contributed by atoms with Crippen molar-refractivity contribution in [1.29, 1.82) is 0 Å². The summed E-state index contributed by atoms with van der Waals surface area (Å²) in [5.41, 5.74) is 5.34. The third-order valence-electron chi connectivity index (χ3n) is 3.45. The van der Waals surface area contributed by atoms with Crippen LogP contribution in [0.25, 0.3) is 0 Å². The lowest BCUT2D eigenvalue weighted by Crippen LogP contribution is -2.25. The molecule has 0 saturated carbocycles. The minimum Gasteiger partial charge on any atom is -0.393 e. The van der Waals surface area contributed by atoms with Gasteiger partial charge in [-0.25, -0.2) is 0 Å². The van der Waals surface area contributed by atoms with Crippen LogP contribution in [-0.4, -0.2) is 18.5 Å². The zero-order chi connectivity index (χ0) is 15.2. The summed E-state index contributed by atoms with van der Waals surface area (Å²) in [6.07, 6.45) is 11.1. The zero-order valence-corrected chi connectivity index (χ0v) is 13.2. The number of nitrogens with two attached hydrogens (primary N) is 1. The van der Waals surface area contributed by atoms with Crippen molar-refractivity contribution in [1.82, 2.24) is 0 Å². The molecule has 0 aromatic carbocycles. The number of hydrogen-bond donors (Lipinski definition) is 1. The molecule has 0 spiro atoms. The molecular formula is C16H31NO3. The van der Waals surface area contributed by atoms with Crippen molar-refractivity contribution in [3.63, 3.8) is 0 Å². The van der Waals surface area contributed by atoms with E-state index in [1.54, 1.807) is 6.92 Å². The van der Waals surface area contributed by atoms with Gasteiger partial charge < -0.3 is 10.5 Å². The molecular weight excluding hydrogens is 254 g/mol. The van der Waals surface area contributed by atoms with Crippen molar-refractivity contribution < 1.29 is 14.3 Å². The van der Waals surface area contributed by atoms with Gasteiger partial charge in [-0.15, -0.1) is 0 Å². The summed E-state index contributed by atoms with van der Waals surface area (Å²) in [6, 6.07) is 0. The minimum atomic E-state index is -0.506. The van der Waals surface area contributed by atoms with Gasteiger partial charge in [0.1, 0.15) is 0 Å². The first kappa shape index (κ1) is 19.1. The smallest absolute Gasteiger partial charge is 0.317 e. The van der Waals surface area contributed by atoms with Crippen LogP contribution in [0.15, 0.2) is 0 Å². The molecule has 0 saturated heterocycles. The summed E-state index contributed by atoms with van der Waals surface area (Å²) in [7, 11) is 0. The standard InChI is InChI=1S/C16H31NO3/c1-3-4-5-6-7-8-9-10-11-12-15(18)20-16(19)14(2)13-17/h14H,3-13,17H2,1-2H3. The average molecular weight is 285 g/mol. The number of esters is 2. The Hall–Kier alpha value is -0.900. The van der Waals surface area contributed by atoms with Gasteiger partial charge >= 0.3 is 11.9 Å². The highest BCUT2D eigenvalue weighted by Gasteiger charge is 2.16. The van der Waals surface area contributed by atoms with Gasteiger partial charge in [0.25, 0.3) is 0 Å². The molecule has 0 aromatic heterocycles. The quantitative estimate of drug-likeness (QED) is 0.338. The summed E-state index contributed by atoms with van der Waals surface area (Å²) in [5.74, 6) is -1.33. The van der Waals surface area contributed by atoms with Gasteiger partial charge in [0.05, 0.1) is 5.92 Å². The van der Waals surface area contributed by atoms with Gasteiger partial charge in [-0.2, -0.15) is 0 Å². The lowest BCUT2D eigenvalue weighted by Gasteiger charge is -2.07. The summed E-state index contributed by atoms with van der Waals surface area (Å²) >= 11 is 0. The second kappa shape index (κ2) is 13.1. The molecule has 4 nitrogen and oxygen atoms in total. The monoisotopic (exact) mass is 285 g/mol. The lowest BCUT2D eigenvalue weighted by molar-refractivity contribution is -0.162. The largest absolute Gasteiger partial charge is 0.393 e. The molecule has 0 fully saturated rings. The molecule has 1 atom stereocenters. The third-order valence-corrected chi connectivity index (χ3v) is 3.45. The van der Waals surface area contributed by atoms with Gasteiger partial charge in [0, 0.05) is 13.0 Å². The molecule has 0 aliphatic rings. The van der Waals surface area contributed by atoms with E-state index in [-0.39, 0.29) is 6.54 Å². The van der Waals surface area contributed by atoms with E-state index in [2.05, 4.69) is 6.92 Å². The molecule has 0 aromatic rings. The maximum absolute atomic E-state index is 11.4. The van der Waals surface area contributed by atoms with Crippen LogP contribution in [0.2, 0.25) is 0 Å². The SMILES string of the molecule is CCCCCCCCCCCC(=O)OC(=O)C(C)CN. The third kappa shape index (κ3) is 11.0. The Labute approximate surface area is 123 Å². The van der Waals surface area contributed by atoms with Crippen LogP contribution in [0.3, 0.4) is 0 Å². The van der Waals surface area contributed by atoms with E-state index in [1.165, 1.54) is 38.5 Å². The summed E-state index contributed by atoms with van der Waals surface area (Å²) in [4.78, 5) is 22.7. The van der Waals surface area contributed by atoms with E-state index in [4.69, 9.17) is 10.5 Å². The Kier molecular flexibility index (Phi) is 12.5. The number of carbonyl (C=O) groups excluding carboxylic acids is 2. The number of hydrogen-bond acceptors (Lipinski definition) is 4. The van der Waals surface area contributed by atoms with Crippen molar-refractivity contribution in [2.75, 3.05) is 6.54 Å². The predicted octanol–water partition coefficient (Wildman–Crippen LogP) is 3.57. The van der Waals surface area contributed by atoms with E-state index in [9.17, 15) is 9.59 Å². The van der Waals surface area contributed by atoms with E-state index < -0.39 is 17.9 Å². The fourth-order valence-electron chi connectivity index (χ4n) is 1.94. The van der Waals surface area contributed by atoms with Gasteiger partial charge in [-0.1, -0.05) is 65.2 Å². The van der Waals surface area contributed by atoms with Crippen LogP contribution >= 0.6 is 0 Å². The van der Waals surface area contributed by atoms with Crippen LogP contribution in [0.4, 0.5) is 0 Å². The first-order valence-corrected chi connectivity index (χ1v) is 8.06. The molecule has 20 heavy (non-hydrogen) atoms. The number of rotatable bonds is 12. The molecule has 0 amide bonds. The second-order valence-corrected chi connectivity index (χ2v) is 5.51. The molecule has 0 aliphatic carbocycles. The number of unbranched alkanes of at least 4 members (excludes halogenated alkanes) is 8. The molecule has 118 valence electrons. The van der Waals surface area contributed by atoms with E-state index in [0.29, 0.717) is 6.42 Å². The molecule has 0 heterocycles. The topological polar surface area (TPSA) is 69.4 Å². The van der Waals surface area contributed by atoms with E-state index >= 15 is 0 Å². The average Bonchev–Trinajstić information content (AvgIpc) is 2.44. The maximum atomic E-state index is 11.4. The van der Waals surface area contributed by atoms with Gasteiger partial charge in [0.2, 0.25) is 0 Å². The summed E-state index contributed by atoms with van der Waals surface area (Å²) < 4.78 is 4.72. The zero-order valence-electron chi connectivity index (χ0n) is 13.2. The van der Waals surface area contributed by atoms with Crippen molar-refractivity contribution in [3.05, 3.63) is 0 Å². The van der Waals surface area contributed by atoms with Crippen molar-refractivity contribution in [2.45, 2.75) is 78.1 Å². The predicted molar refractivity (Wildman–Crippen MR) is 81.2 cm³/mol. The molecule has 0 bridgehead atoms. The number of carbonyl (C=O) groups is 2. The summed E-state index contributed by atoms with van der Waals surface area (Å²) in [6.45, 7) is 4.09. The first-order chi connectivity index (χ1) is 9.61. The van der Waals surface area contributed by atoms with Gasteiger partial charge in [-0.3, -0.25) is 9.59 Å². The van der Waals surface area contributed by atoms with Gasteiger partial charge in [0.15, 0.2) is 0 Å². The Morgan fingerprint density at radius 1 is 0.950 bits per heavy atom. The Morgan fingerprint density at radius 3 is 1.95 bits per heavy atom. The van der Waals surface area contributed by atoms with E-state index in [1.807, 2.05) is 0 Å². The molecule has 2 N–H and O–H groups in total. The maximum Gasteiger partial charge on any atom is 0.317 e. The molecule has 4 heteroatoms. The van der Waals surface area contributed by atoms with Crippen LogP contribution in [0.1, 0.15) is 78.1 Å².